The molecule has 3 N–H and O–H groups in total. The summed E-state index contributed by atoms with van der Waals surface area (Å²) < 4.78 is 68.6. The van der Waals surface area contributed by atoms with Crippen LogP contribution in [0.4, 0.5) is 0 Å². The fourth-order valence-electron chi connectivity index (χ4n) is 11.2. The number of aliphatic hydroxyl groups excluding tert-OH is 1. The Bertz CT molecular complexity index is 2050. The molecule has 0 amide bonds. The molecule has 0 aliphatic carbocycles. The van der Waals surface area contributed by atoms with E-state index in [1.165, 1.54) is 161 Å². The van der Waals surface area contributed by atoms with Crippen LogP contribution in [0.25, 0.3) is 0 Å². The fourth-order valence-corrected chi connectivity index (χ4v) is 12.7. The Morgan fingerprint density at radius 3 is 0.776 bits per heavy atom. The van der Waals surface area contributed by atoms with E-state index >= 15 is 0 Å². The minimum atomic E-state index is -4.97. The highest BCUT2D eigenvalue weighted by Gasteiger charge is 2.30. The van der Waals surface area contributed by atoms with E-state index in [0.29, 0.717) is 25.7 Å². The molecule has 0 aromatic carbocycles. The van der Waals surface area contributed by atoms with E-state index in [9.17, 15) is 43.2 Å². The first-order chi connectivity index (χ1) is 47.7. The van der Waals surface area contributed by atoms with Gasteiger partial charge in [-0.1, -0.05) is 307 Å². The molecule has 19 heteroatoms. The number of unbranched alkanes of at least 4 members (excludes halogenated alkanes) is 42. The first kappa shape index (κ1) is 95.0. The minimum absolute atomic E-state index is 0.0806. The molecular formula is C79H146O17P2. The van der Waals surface area contributed by atoms with Gasteiger partial charge >= 0.3 is 39.5 Å². The van der Waals surface area contributed by atoms with Gasteiger partial charge in [0, 0.05) is 25.7 Å². The number of aliphatic hydroxyl groups is 1. The molecule has 98 heavy (non-hydrogen) atoms. The van der Waals surface area contributed by atoms with E-state index in [4.69, 9.17) is 37.0 Å². The smallest absolute Gasteiger partial charge is 0.462 e. The van der Waals surface area contributed by atoms with E-state index in [0.717, 1.165) is 135 Å². The van der Waals surface area contributed by atoms with Gasteiger partial charge in [-0.15, -0.1) is 0 Å². The molecule has 0 spiro atoms. The maximum Gasteiger partial charge on any atom is 0.472 e. The van der Waals surface area contributed by atoms with Gasteiger partial charge in [0.1, 0.15) is 19.3 Å². The summed E-state index contributed by atoms with van der Waals surface area (Å²) in [6.07, 6.45) is 69.4. The zero-order valence-corrected chi connectivity index (χ0v) is 64.5. The topological polar surface area (TPSA) is 237 Å². The summed E-state index contributed by atoms with van der Waals surface area (Å²) in [4.78, 5) is 72.9. The van der Waals surface area contributed by atoms with Crippen LogP contribution >= 0.6 is 15.6 Å². The van der Waals surface area contributed by atoms with Gasteiger partial charge in [-0.25, -0.2) is 9.13 Å². The second-order valence-corrected chi connectivity index (χ2v) is 29.9. The van der Waals surface area contributed by atoms with Crippen molar-refractivity contribution in [2.24, 2.45) is 0 Å². The van der Waals surface area contributed by atoms with Crippen LogP contribution in [0.2, 0.25) is 0 Å². The van der Waals surface area contributed by atoms with E-state index < -0.39 is 97.5 Å². The van der Waals surface area contributed by atoms with Crippen molar-refractivity contribution in [2.45, 2.75) is 393 Å². The van der Waals surface area contributed by atoms with Gasteiger partial charge in [-0.3, -0.25) is 37.3 Å². The van der Waals surface area contributed by atoms with E-state index in [1.807, 2.05) is 0 Å². The van der Waals surface area contributed by atoms with Gasteiger partial charge in [0.25, 0.3) is 0 Å². The summed E-state index contributed by atoms with van der Waals surface area (Å²) in [7, 11) is -9.94. The summed E-state index contributed by atoms with van der Waals surface area (Å²) in [6, 6.07) is 0. The zero-order chi connectivity index (χ0) is 71.8. The summed E-state index contributed by atoms with van der Waals surface area (Å²) in [5, 5.41) is 10.6. The third kappa shape index (κ3) is 71.4. The highest BCUT2D eigenvalue weighted by atomic mass is 31.2. The number of ether oxygens (including phenoxy) is 4. The summed E-state index contributed by atoms with van der Waals surface area (Å²) in [5.74, 6) is -2.16. The Morgan fingerprint density at radius 2 is 0.500 bits per heavy atom. The molecule has 17 nitrogen and oxygen atoms in total. The predicted molar refractivity (Wildman–Crippen MR) is 400 cm³/mol. The SMILES string of the molecule is CCCCC/C=C\C/C=C\CCCCCCCC(=O)OC[C@H](COP(=O)(O)OC[C@@H](O)COP(=O)(O)OC[C@@H](COC(=O)CCCCCCCCCCCCCCCCC)OC(=O)CCCCCCCCCCCCCCC)OC(=O)CCCCCCC/C=C\C/C=C\CCCCC. The normalized spacial score (nSPS) is 14.2. The average Bonchev–Trinajstić information content (AvgIpc) is 1.04. The lowest BCUT2D eigenvalue weighted by Crippen LogP contribution is -2.30. The first-order valence-corrected chi connectivity index (χ1v) is 42.9. The molecule has 0 aliphatic heterocycles. The summed E-state index contributed by atoms with van der Waals surface area (Å²) in [6.45, 7) is 4.87. The van der Waals surface area contributed by atoms with Crippen LogP contribution in [0, 0.1) is 0 Å². The lowest BCUT2D eigenvalue weighted by atomic mass is 10.0. The van der Waals surface area contributed by atoms with Crippen molar-refractivity contribution in [3.63, 3.8) is 0 Å². The molecule has 574 valence electrons. The fraction of sp³-hybridized carbons (Fsp3) is 0.848. The Labute approximate surface area is 597 Å². The van der Waals surface area contributed by atoms with Crippen LogP contribution in [0.15, 0.2) is 48.6 Å². The van der Waals surface area contributed by atoms with Crippen molar-refractivity contribution >= 4 is 39.5 Å². The number of rotatable bonds is 76. The second-order valence-electron chi connectivity index (χ2n) is 27.0. The van der Waals surface area contributed by atoms with E-state index in [1.54, 1.807) is 0 Å². The van der Waals surface area contributed by atoms with Crippen molar-refractivity contribution in [1.82, 2.24) is 0 Å². The molecule has 0 aromatic rings. The average molecular weight is 1430 g/mol. The van der Waals surface area contributed by atoms with Crippen LogP contribution in [-0.2, 0) is 65.4 Å². The zero-order valence-electron chi connectivity index (χ0n) is 62.7. The third-order valence-electron chi connectivity index (χ3n) is 17.3. The monoisotopic (exact) mass is 1430 g/mol. The standard InChI is InChI=1S/C79H146O17P2/c1-5-9-13-17-21-25-29-33-36-40-43-47-51-55-59-63-76(81)89-69-74(95-78(83)65-61-57-53-49-45-39-32-28-24-20-16-12-8-4)71-93-97(85,86)91-67-73(80)68-92-98(87,88)94-72-75(96-79(84)66-62-58-54-50-46-42-38-35-31-27-23-19-15-11-7-3)70-90-77(82)64-60-56-52-48-44-41-37-34-30-26-22-18-14-10-6-2/h22-23,26-27,34-35,37-38,73-75,80H,5-21,24-25,28-33,36,39-72H2,1-4H3,(H,85,86)(H,87,88)/b26-22-,27-23-,37-34-,38-35-/t73-,74+,75+/m0/s1. The number of phosphoric ester groups is 2. The predicted octanol–water partition coefficient (Wildman–Crippen LogP) is 22.9. The Hall–Kier alpha value is -2.98. The molecule has 0 fully saturated rings. The Balaban J connectivity index is 5.32. The summed E-state index contributed by atoms with van der Waals surface area (Å²) in [5.41, 5.74) is 0. The number of esters is 4. The number of hydrogen-bond donors (Lipinski definition) is 3. The molecule has 5 atom stereocenters. The molecule has 0 saturated heterocycles. The van der Waals surface area contributed by atoms with Gasteiger partial charge < -0.3 is 33.8 Å². The Kier molecular flexibility index (Phi) is 70.2. The highest BCUT2D eigenvalue weighted by Crippen LogP contribution is 2.45. The number of hydrogen-bond acceptors (Lipinski definition) is 15. The minimum Gasteiger partial charge on any atom is -0.462 e. The molecule has 0 bridgehead atoms. The van der Waals surface area contributed by atoms with Crippen LogP contribution in [0.1, 0.15) is 374 Å². The molecule has 0 saturated carbocycles. The highest BCUT2D eigenvalue weighted by molar-refractivity contribution is 7.47. The molecule has 0 rings (SSSR count). The first-order valence-electron chi connectivity index (χ1n) is 39.9. The molecule has 0 aliphatic rings. The lowest BCUT2D eigenvalue weighted by molar-refractivity contribution is -0.161. The maximum absolute atomic E-state index is 13.1. The van der Waals surface area contributed by atoms with Gasteiger partial charge in [0.05, 0.1) is 26.4 Å². The Morgan fingerprint density at radius 1 is 0.286 bits per heavy atom. The lowest BCUT2D eigenvalue weighted by Gasteiger charge is -2.21. The van der Waals surface area contributed by atoms with Crippen molar-refractivity contribution in [3.8, 4) is 0 Å². The summed E-state index contributed by atoms with van der Waals surface area (Å²) >= 11 is 0. The van der Waals surface area contributed by atoms with Crippen molar-refractivity contribution in [1.29, 1.82) is 0 Å². The van der Waals surface area contributed by atoms with Crippen LogP contribution in [-0.4, -0.2) is 96.7 Å². The number of carbonyl (C=O) groups is 4. The van der Waals surface area contributed by atoms with Crippen LogP contribution in [0.5, 0.6) is 0 Å². The number of phosphoric acid groups is 2. The van der Waals surface area contributed by atoms with E-state index in [2.05, 4.69) is 76.3 Å². The van der Waals surface area contributed by atoms with Crippen LogP contribution in [0.3, 0.4) is 0 Å². The van der Waals surface area contributed by atoms with E-state index in [-0.39, 0.29) is 25.7 Å². The third-order valence-corrected chi connectivity index (χ3v) is 19.2. The van der Waals surface area contributed by atoms with Crippen LogP contribution < -0.4 is 0 Å². The van der Waals surface area contributed by atoms with Crippen molar-refractivity contribution < 1.29 is 80.2 Å². The van der Waals surface area contributed by atoms with Gasteiger partial charge in [0.15, 0.2) is 12.2 Å². The van der Waals surface area contributed by atoms with Crippen molar-refractivity contribution in [2.75, 3.05) is 39.6 Å². The maximum atomic E-state index is 13.1. The number of allylic oxidation sites excluding steroid dienone is 8. The molecular weight excluding hydrogens is 1280 g/mol. The van der Waals surface area contributed by atoms with Gasteiger partial charge in [0.2, 0.25) is 0 Å². The molecule has 0 radical (unpaired) electrons. The van der Waals surface area contributed by atoms with Crippen molar-refractivity contribution in [3.05, 3.63) is 48.6 Å². The molecule has 2 unspecified atom stereocenters. The van der Waals surface area contributed by atoms with Gasteiger partial charge in [-0.2, -0.15) is 0 Å². The second kappa shape index (κ2) is 72.4. The van der Waals surface area contributed by atoms with Gasteiger partial charge in [-0.05, 0) is 89.9 Å². The largest absolute Gasteiger partial charge is 0.472 e. The molecule has 0 heterocycles. The number of carbonyl (C=O) groups excluding carboxylic acids is 4. The molecule has 0 aromatic heterocycles. The quantitative estimate of drug-likeness (QED) is 0.0169.